The molecule has 2 heterocycles. The summed E-state index contributed by atoms with van der Waals surface area (Å²) in [5, 5.41) is 1.30. The lowest BCUT2D eigenvalue weighted by atomic mass is 10.1. The van der Waals surface area contributed by atoms with E-state index in [1.165, 1.54) is 18.2 Å². The maximum atomic E-state index is 12.2. The summed E-state index contributed by atoms with van der Waals surface area (Å²) >= 11 is 0. The van der Waals surface area contributed by atoms with Gasteiger partial charge in [-0.3, -0.25) is 9.59 Å². The number of fused-ring (bicyclic) bond motifs is 2. The van der Waals surface area contributed by atoms with E-state index in [9.17, 15) is 9.59 Å². The van der Waals surface area contributed by atoms with Gasteiger partial charge in [-0.15, -0.1) is 0 Å². The highest BCUT2D eigenvalue weighted by Crippen LogP contribution is 2.25. The van der Waals surface area contributed by atoms with Crippen molar-refractivity contribution in [2.45, 2.75) is 0 Å². The predicted octanol–water partition coefficient (Wildman–Crippen LogP) is 2.44. The summed E-state index contributed by atoms with van der Waals surface area (Å²) in [5.74, 6) is 0.189. The van der Waals surface area contributed by atoms with E-state index in [0.717, 1.165) is 5.39 Å². The maximum absolute atomic E-state index is 12.2. The Hall–Kier alpha value is -3.41. The lowest BCUT2D eigenvalue weighted by Gasteiger charge is -2.02. The van der Waals surface area contributed by atoms with Gasteiger partial charge in [0.1, 0.15) is 5.58 Å². The van der Waals surface area contributed by atoms with Gasteiger partial charge in [-0.25, -0.2) is 4.98 Å². The average Bonchev–Trinajstić information content (AvgIpc) is 2.98. The molecule has 4 rings (SSSR count). The fourth-order valence-corrected chi connectivity index (χ4v) is 2.51. The van der Waals surface area contributed by atoms with Crippen molar-refractivity contribution < 1.29 is 9.21 Å². The van der Waals surface area contributed by atoms with E-state index in [4.69, 9.17) is 10.2 Å². The van der Waals surface area contributed by atoms with Crippen LogP contribution in [0.25, 0.3) is 33.5 Å². The van der Waals surface area contributed by atoms with Crippen LogP contribution in [0, 0.1) is 0 Å². The molecule has 0 spiro atoms. The third kappa shape index (κ3) is 2.17. The first-order valence-electron chi connectivity index (χ1n) is 6.95. The molecular weight excluding hydrogens is 294 g/mol. The minimum absolute atomic E-state index is 0.297. The van der Waals surface area contributed by atoms with Crippen LogP contribution in [-0.4, -0.2) is 15.9 Å². The van der Waals surface area contributed by atoms with E-state index in [0.29, 0.717) is 33.6 Å². The number of para-hydroxylation sites is 1. The van der Waals surface area contributed by atoms with Crippen LogP contribution >= 0.6 is 0 Å². The molecule has 0 saturated heterocycles. The van der Waals surface area contributed by atoms with Crippen molar-refractivity contribution in [3.63, 3.8) is 0 Å². The molecule has 2 aromatic heterocycles. The van der Waals surface area contributed by atoms with Crippen LogP contribution in [0.1, 0.15) is 10.4 Å². The van der Waals surface area contributed by atoms with Crippen LogP contribution in [0.2, 0.25) is 0 Å². The van der Waals surface area contributed by atoms with E-state index in [1.54, 1.807) is 6.07 Å². The zero-order valence-corrected chi connectivity index (χ0v) is 11.9. The molecule has 6 heteroatoms. The summed E-state index contributed by atoms with van der Waals surface area (Å²) in [6.07, 6.45) is 0. The number of hydrogen-bond donors (Lipinski definition) is 2. The molecule has 0 unspecified atom stereocenters. The molecule has 0 aliphatic rings. The van der Waals surface area contributed by atoms with E-state index in [-0.39, 0.29) is 5.56 Å². The summed E-state index contributed by atoms with van der Waals surface area (Å²) in [7, 11) is 0. The molecule has 0 aliphatic carbocycles. The number of nitrogens with zero attached hydrogens (tertiary/aromatic N) is 1. The number of benzene rings is 2. The smallest absolute Gasteiger partial charge is 0.259 e. The summed E-state index contributed by atoms with van der Waals surface area (Å²) in [6.45, 7) is 0. The number of furan rings is 1. The Morgan fingerprint density at radius 1 is 1.13 bits per heavy atom. The van der Waals surface area contributed by atoms with E-state index < -0.39 is 5.91 Å². The number of nitrogens with two attached hydrogens (primary N) is 1. The first-order chi connectivity index (χ1) is 11.1. The van der Waals surface area contributed by atoms with E-state index in [1.807, 2.05) is 24.3 Å². The van der Waals surface area contributed by atoms with Crippen LogP contribution in [0.15, 0.2) is 57.7 Å². The van der Waals surface area contributed by atoms with Gasteiger partial charge >= 0.3 is 0 Å². The first-order valence-corrected chi connectivity index (χ1v) is 6.95. The van der Waals surface area contributed by atoms with Crippen molar-refractivity contribution in [3.05, 3.63) is 64.4 Å². The Morgan fingerprint density at radius 2 is 1.96 bits per heavy atom. The Labute approximate surface area is 129 Å². The van der Waals surface area contributed by atoms with Gasteiger partial charge in [0.15, 0.2) is 11.6 Å². The summed E-state index contributed by atoms with van der Waals surface area (Å²) in [4.78, 5) is 30.6. The molecule has 6 nitrogen and oxygen atoms in total. The number of H-pyrrole nitrogens is 1. The second-order valence-electron chi connectivity index (χ2n) is 5.16. The number of aromatic amines is 1. The molecule has 3 N–H and O–H groups in total. The number of nitrogens with one attached hydrogen (secondary N) is 1. The van der Waals surface area contributed by atoms with Crippen LogP contribution in [-0.2, 0) is 0 Å². The van der Waals surface area contributed by atoms with Crippen molar-refractivity contribution in [1.82, 2.24) is 9.97 Å². The largest absolute Gasteiger partial charge is 0.453 e. The molecule has 0 aliphatic heterocycles. The SMILES string of the molecule is NC(=O)c1ccc2c(=O)[nH]c(-c3cc4ccccc4o3)nc2c1. The zero-order valence-electron chi connectivity index (χ0n) is 11.9. The van der Waals surface area contributed by atoms with Crippen molar-refractivity contribution in [3.8, 4) is 11.6 Å². The Kier molecular flexibility index (Phi) is 2.77. The summed E-state index contributed by atoms with van der Waals surface area (Å²) in [6, 6.07) is 13.8. The summed E-state index contributed by atoms with van der Waals surface area (Å²) < 4.78 is 5.71. The Balaban J connectivity index is 1.96. The maximum Gasteiger partial charge on any atom is 0.259 e. The van der Waals surface area contributed by atoms with Crippen molar-refractivity contribution >= 4 is 27.8 Å². The van der Waals surface area contributed by atoms with Crippen LogP contribution in [0.3, 0.4) is 0 Å². The van der Waals surface area contributed by atoms with Gasteiger partial charge in [0.05, 0.1) is 10.9 Å². The standard InChI is InChI=1S/C17H11N3O3/c18-15(21)10-5-6-11-12(7-10)19-16(20-17(11)22)14-8-9-3-1-2-4-13(9)23-14/h1-8H,(H2,18,21)(H,19,20,22). The van der Waals surface area contributed by atoms with E-state index in [2.05, 4.69) is 9.97 Å². The van der Waals surface area contributed by atoms with Gasteiger partial charge in [-0.1, -0.05) is 18.2 Å². The molecule has 0 bridgehead atoms. The fourth-order valence-electron chi connectivity index (χ4n) is 2.51. The lowest BCUT2D eigenvalue weighted by Crippen LogP contribution is -2.13. The second-order valence-corrected chi connectivity index (χ2v) is 5.16. The number of primary amides is 1. The minimum atomic E-state index is -0.570. The van der Waals surface area contributed by atoms with Gasteiger partial charge in [0.25, 0.3) is 5.56 Å². The Morgan fingerprint density at radius 3 is 2.74 bits per heavy atom. The van der Waals surface area contributed by atoms with Crippen LogP contribution < -0.4 is 11.3 Å². The molecule has 4 aromatic rings. The van der Waals surface area contributed by atoms with Crippen LogP contribution in [0.5, 0.6) is 0 Å². The quantitative estimate of drug-likeness (QED) is 0.593. The zero-order chi connectivity index (χ0) is 16.0. The minimum Gasteiger partial charge on any atom is -0.453 e. The monoisotopic (exact) mass is 305 g/mol. The molecular formula is C17H11N3O3. The molecule has 0 saturated carbocycles. The van der Waals surface area contributed by atoms with Gasteiger partial charge in [0, 0.05) is 10.9 Å². The number of carbonyl (C=O) groups excluding carboxylic acids is 1. The summed E-state index contributed by atoms with van der Waals surface area (Å²) in [5.41, 5.74) is 6.36. The number of aromatic nitrogens is 2. The van der Waals surface area contributed by atoms with Crippen molar-refractivity contribution in [2.24, 2.45) is 5.73 Å². The number of hydrogen-bond acceptors (Lipinski definition) is 4. The van der Waals surface area contributed by atoms with Crippen LogP contribution in [0.4, 0.5) is 0 Å². The Bertz CT molecular complexity index is 1090. The second kappa shape index (κ2) is 4.81. The first kappa shape index (κ1) is 13.3. The van der Waals surface area contributed by atoms with Crippen molar-refractivity contribution in [2.75, 3.05) is 0 Å². The van der Waals surface area contributed by atoms with Gasteiger partial charge in [-0.2, -0.15) is 0 Å². The molecule has 1 amide bonds. The topological polar surface area (TPSA) is 102 Å². The highest BCUT2D eigenvalue weighted by Gasteiger charge is 2.12. The molecule has 2 aromatic carbocycles. The predicted molar refractivity (Wildman–Crippen MR) is 86.1 cm³/mol. The molecule has 0 atom stereocenters. The third-order valence-electron chi connectivity index (χ3n) is 3.65. The number of rotatable bonds is 2. The molecule has 112 valence electrons. The average molecular weight is 305 g/mol. The number of carbonyl (C=O) groups is 1. The lowest BCUT2D eigenvalue weighted by molar-refractivity contribution is 0.100. The molecule has 0 radical (unpaired) electrons. The van der Waals surface area contributed by atoms with Gasteiger partial charge in [0.2, 0.25) is 5.91 Å². The third-order valence-corrected chi connectivity index (χ3v) is 3.65. The molecule has 23 heavy (non-hydrogen) atoms. The normalized spacial score (nSPS) is 11.1. The highest BCUT2D eigenvalue weighted by atomic mass is 16.3. The number of amides is 1. The van der Waals surface area contributed by atoms with E-state index >= 15 is 0 Å². The highest BCUT2D eigenvalue weighted by molar-refractivity contribution is 5.96. The molecule has 0 fully saturated rings. The van der Waals surface area contributed by atoms with Gasteiger partial charge < -0.3 is 15.1 Å². The van der Waals surface area contributed by atoms with Crippen molar-refractivity contribution in [1.29, 1.82) is 0 Å². The van der Waals surface area contributed by atoms with Gasteiger partial charge in [-0.05, 0) is 30.3 Å². The fraction of sp³-hybridized carbons (Fsp3) is 0.